The summed E-state index contributed by atoms with van der Waals surface area (Å²) in [6.07, 6.45) is -0.0967. The van der Waals surface area contributed by atoms with E-state index in [1.165, 1.54) is 29.8 Å². The molecule has 0 spiro atoms. The van der Waals surface area contributed by atoms with Gasteiger partial charge in [-0.2, -0.15) is 0 Å². The van der Waals surface area contributed by atoms with Crippen molar-refractivity contribution in [1.29, 1.82) is 0 Å². The van der Waals surface area contributed by atoms with Gasteiger partial charge in [-0.05, 0) is 48.7 Å². The molecule has 0 unspecified atom stereocenters. The molecule has 5 nitrogen and oxygen atoms in total. The second-order valence-corrected chi connectivity index (χ2v) is 6.15. The Morgan fingerprint density at radius 3 is 2.54 bits per heavy atom. The number of rotatable bonds is 5. The van der Waals surface area contributed by atoms with Gasteiger partial charge in [0.1, 0.15) is 11.6 Å². The fourth-order valence-corrected chi connectivity index (χ4v) is 2.90. The zero-order valence-corrected chi connectivity index (χ0v) is 14.5. The third-order valence-electron chi connectivity index (χ3n) is 4.27. The monoisotopic (exact) mass is 357 g/mol. The van der Waals surface area contributed by atoms with E-state index in [-0.39, 0.29) is 18.3 Å². The van der Waals surface area contributed by atoms with Crippen LogP contribution in [-0.2, 0) is 27.3 Å². The quantitative estimate of drug-likeness (QED) is 0.772. The summed E-state index contributed by atoms with van der Waals surface area (Å²) in [6.45, 7) is 2.33. The van der Waals surface area contributed by atoms with Crippen molar-refractivity contribution in [2.75, 3.05) is 13.2 Å². The molecule has 3 rings (SSSR count). The summed E-state index contributed by atoms with van der Waals surface area (Å²) in [4.78, 5) is 26.1. The van der Waals surface area contributed by atoms with E-state index in [1.807, 2.05) is 18.2 Å². The van der Waals surface area contributed by atoms with Crippen LogP contribution < -0.4 is 4.74 Å². The van der Waals surface area contributed by atoms with Gasteiger partial charge >= 0.3 is 5.97 Å². The Morgan fingerprint density at radius 1 is 1.12 bits per heavy atom. The standard InChI is InChI=1S/C20H20FNO4/c1-14(26-19(23)13-25-18-8-6-17(21)7-9-18)20(24)22-11-10-15-4-2-3-5-16(15)12-22/h2-9,14H,10-13H2,1H3/t14-/m0/s1. The first-order valence-electron chi connectivity index (χ1n) is 8.46. The average molecular weight is 357 g/mol. The second kappa shape index (κ2) is 7.99. The number of fused-ring (bicyclic) bond motifs is 1. The molecular weight excluding hydrogens is 337 g/mol. The van der Waals surface area contributed by atoms with Crippen molar-refractivity contribution in [2.24, 2.45) is 0 Å². The first kappa shape index (κ1) is 17.9. The number of hydrogen-bond donors (Lipinski definition) is 0. The number of amides is 1. The Labute approximate surface area is 151 Å². The molecule has 1 aliphatic heterocycles. The van der Waals surface area contributed by atoms with Crippen molar-refractivity contribution in [2.45, 2.75) is 26.0 Å². The van der Waals surface area contributed by atoms with E-state index >= 15 is 0 Å². The Balaban J connectivity index is 1.49. The van der Waals surface area contributed by atoms with Gasteiger partial charge in [0.15, 0.2) is 12.7 Å². The van der Waals surface area contributed by atoms with E-state index in [1.54, 1.807) is 11.8 Å². The molecule has 1 atom stereocenters. The third kappa shape index (κ3) is 4.39. The van der Waals surface area contributed by atoms with Crippen molar-refractivity contribution in [1.82, 2.24) is 4.90 Å². The Morgan fingerprint density at radius 2 is 1.81 bits per heavy atom. The van der Waals surface area contributed by atoms with Gasteiger partial charge in [0, 0.05) is 13.1 Å². The molecule has 0 aliphatic carbocycles. The van der Waals surface area contributed by atoms with E-state index in [4.69, 9.17) is 9.47 Å². The number of carbonyl (C=O) groups is 2. The van der Waals surface area contributed by atoms with Gasteiger partial charge in [-0.25, -0.2) is 9.18 Å². The molecule has 2 aromatic carbocycles. The zero-order valence-electron chi connectivity index (χ0n) is 14.5. The Bertz CT molecular complexity index is 791. The normalized spacial score (nSPS) is 14.3. The molecule has 2 aromatic rings. The Hall–Kier alpha value is -2.89. The van der Waals surface area contributed by atoms with Crippen LogP contribution in [-0.4, -0.2) is 36.0 Å². The number of hydrogen-bond acceptors (Lipinski definition) is 4. The van der Waals surface area contributed by atoms with Gasteiger partial charge in [0.05, 0.1) is 0 Å². The SMILES string of the molecule is C[C@H](OC(=O)COc1ccc(F)cc1)C(=O)N1CCc2ccccc2C1. The van der Waals surface area contributed by atoms with Crippen LogP contribution in [0.25, 0.3) is 0 Å². The summed E-state index contributed by atoms with van der Waals surface area (Å²) < 4.78 is 23.2. The molecule has 1 heterocycles. The first-order valence-corrected chi connectivity index (χ1v) is 8.46. The topological polar surface area (TPSA) is 55.8 Å². The lowest BCUT2D eigenvalue weighted by Gasteiger charge is -2.30. The minimum absolute atomic E-state index is 0.227. The number of nitrogens with zero attached hydrogens (tertiary/aromatic N) is 1. The summed E-state index contributed by atoms with van der Waals surface area (Å²) in [6, 6.07) is 13.3. The van der Waals surface area contributed by atoms with E-state index in [0.717, 1.165) is 12.0 Å². The predicted molar refractivity (Wildman–Crippen MR) is 93.0 cm³/mol. The smallest absolute Gasteiger partial charge is 0.344 e. The molecule has 136 valence electrons. The molecular formula is C20H20FNO4. The molecule has 0 bridgehead atoms. The van der Waals surface area contributed by atoms with Crippen molar-refractivity contribution in [3.63, 3.8) is 0 Å². The zero-order chi connectivity index (χ0) is 18.5. The number of benzene rings is 2. The molecule has 1 aliphatic rings. The molecule has 0 N–H and O–H groups in total. The van der Waals surface area contributed by atoms with Crippen LogP contribution in [0.4, 0.5) is 4.39 Å². The van der Waals surface area contributed by atoms with E-state index in [2.05, 4.69) is 6.07 Å². The number of carbonyl (C=O) groups excluding carboxylic acids is 2. The van der Waals surface area contributed by atoms with Gasteiger partial charge < -0.3 is 14.4 Å². The van der Waals surface area contributed by atoms with Crippen molar-refractivity contribution < 1.29 is 23.5 Å². The average Bonchev–Trinajstić information content (AvgIpc) is 2.66. The van der Waals surface area contributed by atoms with Crippen molar-refractivity contribution >= 4 is 11.9 Å². The summed E-state index contributed by atoms with van der Waals surface area (Å²) >= 11 is 0. The lowest BCUT2D eigenvalue weighted by atomic mass is 9.99. The molecule has 6 heteroatoms. The van der Waals surface area contributed by atoms with Crippen molar-refractivity contribution in [3.8, 4) is 5.75 Å². The minimum atomic E-state index is -0.885. The fourth-order valence-electron chi connectivity index (χ4n) is 2.90. The minimum Gasteiger partial charge on any atom is -0.482 e. The highest BCUT2D eigenvalue weighted by atomic mass is 19.1. The maximum Gasteiger partial charge on any atom is 0.344 e. The maximum atomic E-state index is 12.8. The Kier molecular flexibility index (Phi) is 5.51. The van der Waals surface area contributed by atoms with E-state index in [0.29, 0.717) is 18.8 Å². The fraction of sp³-hybridized carbons (Fsp3) is 0.300. The van der Waals surface area contributed by atoms with Gasteiger partial charge in [-0.1, -0.05) is 24.3 Å². The summed E-state index contributed by atoms with van der Waals surface area (Å²) in [5.74, 6) is -0.903. The lowest BCUT2D eigenvalue weighted by Crippen LogP contribution is -2.43. The second-order valence-electron chi connectivity index (χ2n) is 6.15. The molecule has 0 radical (unpaired) electrons. The molecule has 0 saturated heterocycles. The highest BCUT2D eigenvalue weighted by molar-refractivity contribution is 5.84. The highest BCUT2D eigenvalue weighted by Gasteiger charge is 2.26. The van der Waals surface area contributed by atoms with Gasteiger partial charge in [-0.3, -0.25) is 4.79 Å². The number of esters is 1. The van der Waals surface area contributed by atoms with Crippen LogP contribution in [0.1, 0.15) is 18.1 Å². The predicted octanol–water partition coefficient (Wildman–Crippen LogP) is 2.72. The van der Waals surface area contributed by atoms with Crippen molar-refractivity contribution in [3.05, 3.63) is 65.5 Å². The van der Waals surface area contributed by atoms with Gasteiger partial charge in [0.2, 0.25) is 0 Å². The number of ether oxygens (including phenoxy) is 2. The highest BCUT2D eigenvalue weighted by Crippen LogP contribution is 2.19. The van der Waals surface area contributed by atoms with Crippen LogP contribution in [0.5, 0.6) is 5.75 Å². The lowest BCUT2D eigenvalue weighted by molar-refractivity contribution is -0.161. The molecule has 0 aromatic heterocycles. The molecule has 0 saturated carbocycles. The van der Waals surface area contributed by atoms with Gasteiger partial charge in [0.25, 0.3) is 5.91 Å². The number of halogens is 1. The molecule has 1 amide bonds. The summed E-state index contributed by atoms with van der Waals surface area (Å²) in [5.41, 5.74) is 2.36. The molecule has 26 heavy (non-hydrogen) atoms. The first-order chi connectivity index (χ1) is 12.5. The summed E-state index contributed by atoms with van der Waals surface area (Å²) in [7, 11) is 0. The van der Waals surface area contributed by atoms with Crippen LogP contribution >= 0.6 is 0 Å². The van der Waals surface area contributed by atoms with Crippen LogP contribution in [0.15, 0.2) is 48.5 Å². The third-order valence-corrected chi connectivity index (χ3v) is 4.27. The van der Waals surface area contributed by atoms with Crippen LogP contribution in [0.3, 0.4) is 0 Å². The van der Waals surface area contributed by atoms with Crippen LogP contribution in [0.2, 0.25) is 0 Å². The largest absolute Gasteiger partial charge is 0.482 e. The van der Waals surface area contributed by atoms with Crippen LogP contribution in [0, 0.1) is 5.82 Å². The summed E-state index contributed by atoms with van der Waals surface area (Å²) in [5, 5.41) is 0. The molecule has 0 fully saturated rings. The van der Waals surface area contributed by atoms with E-state index in [9.17, 15) is 14.0 Å². The van der Waals surface area contributed by atoms with E-state index < -0.39 is 12.1 Å². The van der Waals surface area contributed by atoms with Gasteiger partial charge in [-0.15, -0.1) is 0 Å². The maximum absolute atomic E-state index is 12.8.